The van der Waals surface area contributed by atoms with Gasteiger partial charge in [0.1, 0.15) is 5.82 Å². The molecule has 124 valence electrons. The number of fused-ring (bicyclic) bond motifs is 1. The van der Waals surface area contributed by atoms with Gasteiger partial charge in [0.25, 0.3) is 0 Å². The molecule has 1 fully saturated rings. The maximum Gasteiger partial charge on any atom is 0.123 e. The summed E-state index contributed by atoms with van der Waals surface area (Å²) < 4.78 is 15.7. The Kier molecular flexibility index (Phi) is 4.07. The fraction of sp³-hybridized carbons (Fsp3) is 0.350. The summed E-state index contributed by atoms with van der Waals surface area (Å²) in [5.41, 5.74) is 3.46. The van der Waals surface area contributed by atoms with Gasteiger partial charge in [-0.2, -0.15) is 0 Å². The molecule has 0 spiro atoms. The van der Waals surface area contributed by atoms with Crippen LogP contribution in [0.1, 0.15) is 36.7 Å². The van der Waals surface area contributed by atoms with Crippen LogP contribution in [0.25, 0.3) is 10.9 Å². The zero-order valence-corrected chi connectivity index (χ0v) is 14.0. The molecule has 3 aromatic rings. The van der Waals surface area contributed by atoms with Gasteiger partial charge in [-0.05, 0) is 55.8 Å². The maximum absolute atomic E-state index is 13.5. The first kappa shape index (κ1) is 15.3. The highest BCUT2D eigenvalue weighted by atomic mass is 19.1. The van der Waals surface area contributed by atoms with E-state index in [2.05, 4.69) is 39.7 Å². The van der Waals surface area contributed by atoms with Crippen molar-refractivity contribution in [1.82, 2.24) is 14.5 Å². The van der Waals surface area contributed by atoms with E-state index < -0.39 is 0 Å². The van der Waals surface area contributed by atoms with E-state index in [0.717, 1.165) is 36.1 Å². The molecule has 0 unspecified atom stereocenters. The molecule has 3 heterocycles. The highest BCUT2D eigenvalue weighted by Crippen LogP contribution is 2.32. The molecule has 0 radical (unpaired) electrons. The van der Waals surface area contributed by atoms with Crippen LogP contribution in [-0.2, 0) is 13.6 Å². The van der Waals surface area contributed by atoms with Gasteiger partial charge in [0.05, 0.1) is 11.7 Å². The number of hydrogen-bond donors (Lipinski definition) is 0. The van der Waals surface area contributed by atoms with E-state index in [0.29, 0.717) is 6.04 Å². The first-order valence-electron chi connectivity index (χ1n) is 8.61. The van der Waals surface area contributed by atoms with Crippen molar-refractivity contribution in [3.8, 4) is 0 Å². The van der Waals surface area contributed by atoms with E-state index in [-0.39, 0.29) is 5.82 Å². The number of aromatic nitrogens is 2. The van der Waals surface area contributed by atoms with Crippen LogP contribution in [0.4, 0.5) is 4.39 Å². The Hall–Kier alpha value is -2.20. The third-order valence-electron chi connectivity index (χ3n) is 5.11. The van der Waals surface area contributed by atoms with E-state index in [4.69, 9.17) is 0 Å². The molecule has 1 atom stereocenters. The number of pyridine rings is 1. The molecular formula is C20H22FN3. The largest absolute Gasteiger partial charge is 0.346 e. The van der Waals surface area contributed by atoms with E-state index in [1.54, 1.807) is 6.07 Å². The summed E-state index contributed by atoms with van der Waals surface area (Å²) in [6.45, 7) is 1.95. The molecule has 0 amide bonds. The van der Waals surface area contributed by atoms with Gasteiger partial charge in [-0.3, -0.25) is 9.88 Å². The number of aryl methyl sites for hydroxylation is 1. The summed E-state index contributed by atoms with van der Waals surface area (Å²) >= 11 is 0. The van der Waals surface area contributed by atoms with Crippen LogP contribution in [0.2, 0.25) is 0 Å². The monoisotopic (exact) mass is 323 g/mol. The Bertz CT molecular complexity index is 841. The summed E-state index contributed by atoms with van der Waals surface area (Å²) in [7, 11) is 2.06. The van der Waals surface area contributed by atoms with Crippen molar-refractivity contribution in [2.45, 2.75) is 31.8 Å². The molecule has 24 heavy (non-hydrogen) atoms. The van der Waals surface area contributed by atoms with Crippen molar-refractivity contribution in [1.29, 1.82) is 0 Å². The average molecular weight is 323 g/mol. The van der Waals surface area contributed by atoms with Gasteiger partial charge < -0.3 is 4.57 Å². The van der Waals surface area contributed by atoms with Gasteiger partial charge in [-0.1, -0.05) is 12.5 Å². The Balaban J connectivity index is 1.64. The second-order valence-electron chi connectivity index (χ2n) is 6.63. The third kappa shape index (κ3) is 2.82. The fourth-order valence-corrected chi connectivity index (χ4v) is 3.83. The quantitative estimate of drug-likeness (QED) is 0.710. The SMILES string of the molecule is Cn1c(CN2CCCC[C@@H]2c2ccccn2)cc2cc(F)ccc21. The van der Waals surface area contributed by atoms with Crippen LogP contribution < -0.4 is 0 Å². The molecule has 1 aromatic carbocycles. The molecule has 4 heteroatoms. The number of piperidine rings is 1. The second kappa shape index (κ2) is 6.36. The first-order chi connectivity index (χ1) is 11.7. The fourth-order valence-electron chi connectivity index (χ4n) is 3.83. The summed E-state index contributed by atoms with van der Waals surface area (Å²) in [6, 6.07) is 13.6. The van der Waals surface area contributed by atoms with E-state index in [9.17, 15) is 4.39 Å². The van der Waals surface area contributed by atoms with E-state index >= 15 is 0 Å². The van der Waals surface area contributed by atoms with Gasteiger partial charge in [0.15, 0.2) is 0 Å². The van der Waals surface area contributed by atoms with Crippen molar-refractivity contribution in [3.05, 3.63) is 65.9 Å². The highest BCUT2D eigenvalue weighted by molar-refractivity contribution is 5.81. The number of halogens is 1. The number of nitrogens with zero attached hydrogens (tertiary/aromatic N) is 3. The number of benzene rings is 1. The molecule has 4 rings (SSSR count). The van der Waals surface area contributed by atoms with Crippen molar-refractivity contribution >= 4 is 10.9 Å². The third-order valence-corrected chi connectivity index (χ3v) is 5.11. The summed E-state index contributed by atoms with van der Waals surface area (Å²) in [5.74, 6) is -0.177. The molecule has 1 aliphatic heterocycles. The van der Waals surface area contributed by atoms with Gasteiger partial charge in [-0.15, -0.1) is 0 Å². The summed E-state index contributed by atoms with van der Waals surface area (Å²) in [6.07, 6.45) is 5.50. The summed E-state index contributed by atoms with van der Waals surface area (Å²) in [4.78, 5) is 7.08. The molecule has 2 aromatic heterocycles. The van der Waals surface area contributed by atoms with Crippen LogP contribution in [-0.4, -0.2) is 21.0 Å². The normalized spacial score (nSPS) is 19.0. The molecule has 0 N–H and O–H groups in total. The van der Waals surface area contributed by atoms with E-state index in [1.165, 1.54) is 24.6 Å². The van der Waals surface area contributed by atoms with Crippen LogP contribution in [0, 0.1) is 5.82 Å². The van der Waals surface area contributed by atoms with Crippen LogP contribution in [0.3, 0.4) is 0 Å². The minimum absolute atomic E-state index is 0.177. The van der Waals surface area contributed by atoms with Gasteiger partial charge in [0.2, 0.25) is 0 Å². The standard InChI is InChI=1S/C20H22FN3/c1-23-17(13-15-12-16(21)8-9-19(15)23)14-24-11-5-3-7-20(24)18-6-2-4-10-22-18/h2,4,6,8-10,12-13,20H,3,5,7,11,14H2,1H3/t20-/m1/s1. The zero-order valence-electron chi connectivity index (χ0n) is 14.0. The van der Waals surface area contributed by atoms with Crippen molar-refractivity contribution in [2.75, 3.05) is 6.54 Å². The number of likely N-dealkylation sites (tertiary alicyclic amines) is 1. The molecular weight excluding hydrogens is 301 g/mol. The molecule has 0 bridgehead atoms. The minimum atomic E-state index is -0.177. The van der Waals surface area contributed by atoms with Crippen LogP contribution >= 0.6 is 0 Å². The Morgan fingerprint density at radius 2 is 2.08 bits per heavy atom. The molecule has 0 saturated carbocycles. The molecule has 1 aliphatic rings. The predicted molar refractivity (Wildman–Crippen MR) is 94.1 cm³/mol. The molecule has 0 aliphatic carbocycles. The lowest BCUT2D eigenvalue weighted by atomic mass is 9.98. The lowest BCUT2D eigenvalue weighted by Gasteiger charge is -2.35. The van der Waals surface area contributed by atoms with Crippen molar-refractivity contribution in [2.24, 2.45) is 7.05 Å². The lowest BCUT2D eigenvalue weighted by molar-refractivity contribution is 0.134. The Morgan fingerprint density at radius 3 is 2.92 bits per heavy atom. The Labute approximate surface area is 141 Å². The smallest absolute Gasteiger partial charge is 0.123 e. The van der Waals surface area contributed by atoms with Gasteiger partial charge >= 0.3 is 0 Å². The van der Waals surface area contributed by atoms with Crippen LogP contribution in [0.5, 0.6) is 0 Å². The van der Waals surface area contributed by atoms with Crippen molar-refractivity contribution < 1.29 is 4.39 Å². The first-order valence-corrected chi connectivity index (χ1v) is 8.61. The number of hydrogen-bond acceptors (Lipinski definition) is 2. The number of rotatable bonds is 3. The van der Waals surface area contributed by atoms with Gasteiger partial charge in [-0.25, -0.2) is 4.39 Å². The second-order valence-corrected chi connectivity index (χ2v) is 6.63. The molecule has 1 saturated heterocycles. The highest BCUT2D eigenvalue weighted by Gasteiger charge is 2.25. The minimum Gasteiger partial charge on any atom is -0.346 e. The zero-order chi connectivity index (χ0) is 16.5. The summed E-state index contributed by atoms with van der Waals surface area (Å²) in [5, 5.41) is 0.971. The predicted octanol–water partition coefficient (Wildman–Crippen LogP) is 4.44. The van der Waals surface area contributed by atoms with Gasteiger partial charge in [0, 0.05) is 36.4 Å². The Morgan fingerprint density at radius 1 is 1.17 bits per heavy atom. The van der Waals surface area contributed by atoms with Crippen molar-refractivity contribution in [3.63, 3.8) is 0 Å². The lowest BCUT2D eigenvalue weighted by Crippen LogP contribution is -2.33. The maximum atomic E-state index is 13.5. The molecule has 3 nitrogen and oxygen atoms in total. The average Bonchev–Trinajstić information content (AvgIpc) is 2.91. The van der Waals surface area contributed by atoms with E-state index in [1.807, 2.05) is 18.3 Å². The topological polar surface area (TPSA) is 21.1 Å². The van der Waals surface area contributed by atoms with Crippen LogP contribution in [0.15, 0.2) is 48.7 Å².